The smallest absolute Gasteiger partial charge is 0.251 e. The van der Waals surface area contributed by atoms with Crippen molar-refractivity contribution < 1.29 is 9.59 Å². The molecular weight excluding hydrogens is 324 g/mol. The number of anilines is 1. The predicted octanol–water partition coefficient (Wildman–Crippen LogP) is 1.98. The van der Waals surface area contributed by atoms with E-state index in [1.54, 1.807) is 6.07 Å². The lowest BCUT2D eigenvalue weighted by Gasteiger charge is -2.25. The standard InChI is InChI=1S/C17H18N4O2S/c1-10-7-21-8-12(3-5-15(21)18-10)19-17(23)11-2-4-14-13(6-11)20-16(22)9-24-14/h2,4,6-7,12H,3,5,8-9H2,1H3,(H,19,23)(H,20,22)/t12-/m1/s1. The van der Waals surface area contributed by atoms with E-state index >= 15 is 0 Å². The Hall–Kier alpha value is -2.28. The van der Waals surface area contributed by atoms with Gasteiger partial charge in [0.25, 0.3) is 5.91 Å². The Balaban J connectivity index is 1.47. The molecule has 1 aromatic heterocycles. The highest BCUT2D eigenvalue weighted by Crippen LogP contribution is 2.32. The van der Waals surface area contributed by atoms with Crippen molar-refractivity contribution in [1.29, 1.82) is 0 Å². The number of amides is 2. The number of benzene rings is 1. The molecule has 0 unspecified atom stereocenters. The topological polar surface area (TPSA) is 76.0 Å². The molecule has 124 valence electrons. The molecule has 0 saturated heterocycles. The third-order valence-electron chi connectivity index (χ3n) is 4.32. The zero-order chi connectivity index (χ0) is 16.7. The molecule has 24 heavy (non-hydrogen) atoms. The Bertz CT molecular complexity index is 830. The number of hydrogen-bond donors (Lipinski definition) is 2. The maximum atomic E-state index is 12.5. The SMILES string of the molecule is Cc1cn2c(n1)CC[C@@H](NC(=O)c1ccc3c(c1)NC(=O)CS3)C2. The van der Waals surface area contributed by atoms with E-state index in [0.717, 1.165) is 41.5 Å². The average Bonchev–Trinajstić information content (AvgIpc) is 2.93. The van der Waals surface area contributed by atoms with Gasteiger partial charge in [0.1, 0.15) is 5.82 Å². The Morgan fingerprint density at radius 2 is 2.33 bits per heavy atom. The van der Waals surface area contributed by atoms with E-state index in [0.29, 0.717) is 11.3 Å². The maximum Gasteiger partial charge on any atom is 0.251 e. The Kier molecular flexibility index (Phi) is 3.80. The second-order valence-electron chi connectivity index (χ2n) is 6.21. The number of nitrogens with one attached hydrogen (secondary N) is 2. The van der Waals surface area contributed by atoms with Crippen molar-refractivity contribution in [2.75, 3.05) is 11.1 Å². The lowest BCUT2D eigenvalue weighted by atomic mass is 10.1. The molecule has 2 amide bonds. The van der Waals surface area contributed by atoms with Crippen molar-refractivity contribution in [3.63, 3.8) is 0 Å². The van der Waals surface area contributed by atoms with Gasteiger partial charge in [-0.2, -0.15) is 0 Å². The molecule has 2 aliphatic rings. The van der Waals surface area contributed by atoms with Crippen molar-refractivity contribution in [3.8, 4) is 0 Å². The molecule has 2 aliphatic heterocycles. The van der Waals surface area contributed by atoms with Crippen LogP contribution in [0.15, 0.2) is 29.3 Å². The highest BCUT2D eigenvalue weighted by atomic mass is 32.2. The number of hydrogen-bond acceptors (Lipinski definition) is 4. The number of thioether (sulfide) groups is 1. The predicted molar refractivity (Wildman–Crippen MR) is 92.3 cm³/mol. The molecule has 0 radical (unpaired) electrons. The minimum atomic E-state index is -0.104. The van der Waals surface area contributed by atoms with Gasteiger partial charge in [0.2, 0.25) is 5.91 Å². The summed E-state index contributed by atoms with van der Waals surface area (Å²) < 4.78 is 2.12. The highest BCUT2D eigenvalue weighted by Gasteiger charge is 2.23. The summed E-state index contributed by atoms with van der Waals surface area (Å²) in [5.74, 6) is 1.38. The molecule has 2 N–H and O–H groups in total. The Morgan fingerprint density at radius 3 is 3.21 bits per heavy atom. The number of aromatic nitrogens is 2. The summed E-state index contributed by atoms with van der Waals surface area (Å²) in [5.41, 5.74) is 2.31. The summed E-state index contributed by atoms with van der Waals surface area (Å²) in [5, 5.41) is 5.92. The molecule has 1 aromatic carbocycles. The number of carbonyl (C=O) groups excluding carboxylic acids is 2. The van der Waals surface area contributed by atoms with Crippen LogP contribution >= 0.6 is 11.8 Å². The lowest BCUT2D eigenvalue weighted by molar-refractivity contribution is -0.113. The third-order valence-corrected chi connectivity index (χ3v) is 5.40. The van der Waals surface area contributed by atoms with Crippen molar-refractivity contribution in [2.45, 2.75) is 37.2 Å². The lowest BCUT2D eigenvalue weighted by Crippen LogP contribution is -2.40. The first kappa shape index (κ1) is 15.3. The Morgan fingerprint density at radius 1 is 1.46 bits per heavy atom. The monoisotopic (exact) mass is 342 g/mol. The molecule has 1 atom stereocenters. The van der Waals surface area contributed by atoms with Gasteiger partial charge in [0, 0.05) is 35.7 Å². The minimum Gasteiger partial charge on any atom is -0.347 e. The number of imidazole rings is 1. The van der Waals surface area contributed by atoms with Crippen LogP contribution in [0.3, 0.4) is 0 Å². The minimum absolute atomic E-state index is 0.0275. The molecule has 0 fully saturated rings. The average molecular weight is 342 g/mol. The molecule has 0 saturated carbocycles. The molecule has 4 rings (SSSR count). The van der Waals surface area contributed by atoms with Gasteiger partial charge in [-0.3, -0.25) is 9.59 Å². The van der Waals surface area contributed by atoms with E-state index < -0.39 is 0 Å². The number of nitrogens with zero attached hydrogens (tertiary/aromatic N) is 2. The van der Waals surface area contributed by atoms with E-state index in [4.69, 9.17) is 0 Å². The van der Waals surface area contributed by atoms with Gasteiger partial charge in [0.05, 0.1) is 17.1 Å². The highest BCUT2D eigenvalue weighted by molar-refractivity contribution is 8.00. The van der Waals surface area contributed by atoms with E-state index in [9.17, 15) is 9.59 Å². The van der Waals surface area contributed by atoms with Crippen LogP contribution in [0.4, 0.5) is 5.69 Å². The van der Waals surface area contributed by atoms with E-state index in [1.807, 2.05) is 25.3 Å². The van der Waals surface area contributed by atoms with Crippen molar-refractivity contribution in [2.24, 2.45) is 0 Å². The fraction of sp³-hybridized carbons (Fsp3) is 0.353. The summed E-state index contributed by atoms with van der Waals surface area (Å²) in [4.78, 5) is 29.5. The summed E-state index contributed by atoms with van der Waals surface area (Å²) in [6.45, 7) is 2.73. The van der Waals surface area contributed by atoms with Crippen molar-refractivity contribution in [1.82, 2.24) is 14.9 Å². The molecule has 0 bridgehead atoms. The van der Waals surface area contributed by atoms with Gasteiger partial charge in [-0.1, -0.05) is 0 Å². The van der Waals surface area contributed by atoms with Crippen LogP contribution in [-0.2, 0) is 17.8 Å². The second kappa shape index (κ2) is 5.98. The molecule has 7 heteroatoms. The first-order chi connectivity index (χ1) is 11.6. The van der Waals surface area contributed by atoms with Crippen molar-refractivity contribution >= 4 is 29.3 Å². The molecule has 6 nitrogen and oxygen atoms in total. The van der Waals surface area contributed by atoms with Crippen LogP contribution in [-0.4, -0.2) is 33.2 Å². The quantitative estimate of drug-likeness (QED) is 0.875. The van der Waals surface area contributed by atoms with E-state index in [2.05, 4.69) is 20.2 Å². The van der Waals surface area contributed by atoms with Crippen LogP contribution in [0, 0.1) is 6.92 Å². The zero-order valence-electron chi connectivity index (χ0n) is 13.3. The van der Waals surface area contributed by atoms with E-state index in [-0.39, 0.29) is 17.9 Å². The Labute approximate surface area is 144 Å². The second-order valence-corrected chi connectivity index (χ2v) is 7.22. The number of fused-ring (bicyclic) bond motifs is 2. The summed E-state index contributed by atoms with van der Waals surface area (Å²) in [6, 6.07) is 5.56. The largest absolute Gasteiger partial charge is 0.347 e. The summed E-state index contributed by atoms with van der Waals surface area (Å²) >= 11 is 1.49. The van der Waals surface area contributed by atoms with Gasteiger partial charge in [-0.15, -0.1) is 11.8 Å². The number of rotatable bonds is 2. The first-order valence-electron chi connectivity index (χ1n) is 7.99. The molecule has 3 heterocycles. The fourth-order valence-electron chi connectivity index (χ4n) is 3.20. The van der Waals surface area contributed by atoms with Crippen LogP contribution in [0.25, 0.3) is 0 Å². The van der Waals surface area contributed by atoms with Gasteiger partial charge >= 0.3 is 0 Å². The van der Waals surface area contributed by atoms with Gasteiger partial charge in [0.15, 0.2) is 0 Å². The number of carbonyl (C=O) groups is 2. The van der Waals surface area contributed by atoms with Gasteiger partial charge in [-0.25, -0.2) is 4.98 Å². The van der Waals surface area contributed by atoms with E-state index in [1.165, 1.54) is 11.8 Å². The fourth-order valence-corrected chi connectivity index (χ4v) is 3.99. The first-order valence-corrected chi connectivity index (χ1v) is 8.97. The van der Waals surface area contributed by atoms with Gasteiger partial charge < -0.3 is 15.2 Å². The maximum absolute atomic E-state index is 12.5. The number of aryl methyl sites for hydroxylation is 2. The third kappa shape index (κ3) is 2.91. The van der Waals surface area contributed by atoms with Gasteiger partial charge in [-0.05, 0) is 31.5 Å². The normalized spacial score (nSPS) is 19.2. The summed E-state index contributed by atoms with van der Waals surface area (Å²) in [7, 11) is 0. The van der Waals surface area contributed by atoms with Crippen molar-refractivity contribution in [3.05, 3.63) is 41.5 Å². The molecule has 0 aliphatic carbocycles. The van der Waals surface area contributed by atoms with Crippen LogP contribution in [0.1, 0.15) is 28.3 Å². The summed E-state index contributed by atoms with van der Waals surface area (Å²) in [6.07, 6.45) is 3.79. The van der Waals surface area contributed by atoms with Crippen LogP contribution in [0.5, 0.6) is 0 Å². The van der Waals surface area contributed by atoms with Crippen LogP contribution < -0.4 is 10.6 Å². The molecular formula is C17H18N4O2S. The van der Waals surface area contributed by atoms with Crippen LogP contribution in [0.2, 0.25) is 0 Å². The molecule has 0 spiro atoms. The molecule has 2 aromatic rings. The zero-order valence-corrected chi connectivity index (χ0v) is 14.2.